The standard InChI is InChI=1S/C12H14FN3/c1-8(13)9-5-3-4-6-10(9)11-7-12(14)16(2)15-11/h3-8H,14H2,1-2H3. The highest BCUT2D eigenvalue weighted by Crippen LogP contribution is 2.29. The highest BCUT2D eigenvalue weighted by atomic mass is 19.1. The lowest BCUT2D eigenvalue weighted by atomic mass is 10.0. The van der Waals surface area contributed by atoms with Crippen molar-refractivity contribution in [2.45, 2.75) is 13.1 Å². The molecule has 2 rings (SSSR count). The second-order valence-corrected chi connectivity index (χ2v) is 3.78. The van der Waals surface area contributed by atoms with Crippen LogP contribution in [0.25, 0.3) is 11.3 Å². The van der Waals surface area contributed by atoms with E-state index in [0.717, 1.165) is 5.56 Å². The van der Waals surface area contributed by atoms with Crippen LogP contribution in [-0.2, 0) is 7.05 Å². The number of alkyl halides is 1. The number of nitrogens with two attached hydrogens (primary N) is 1. The van der Waals surface area contributed by atoms with Gasteiger partial charge in [-0.05, 0) is 12.5 Å². The van der Waals surface area contributed by atoms with E-state index < -0.39 is 6.17 Å². The summed E-state index contributed by atoms with van der Waals surface area (Å²) >= 11 is 0. The Morgan fingerprint density at radius 1 is 1.38 bits per heavy atom. The van der Waals surface area contributed by atoms with E-state index in [1.165, 1.54) is 6.92 Å². The summed E-state index contributed by atoms with van der Waals surface area (Å²) in [6.45, 7) is 1.52. The van der Waals surface area contributed by atoms with Gasteiger partial charge in [0.05, 0.1) is 5.69 Å². The average Bonchev–Trinajstić information content (AvgIpc) is 2.59. The van der Waals surface area contributed by atoms with Crippen LogP contribution in [0.2, 0.25) is 0 Å². The molecule has 2 aromatic rings. The zero-order valence-corrected chi connectivity index (χ0v) is 9.31. The van der Waals surface area contributed by atoms with Crippen LogP contribution in [0, 0.1) is 0 Å². The van der Waals surface area contributed by atoms with Gasteiger partial charge >= 0.3 is 0 Å². The van der Waals surface area contributed by atoms with Crippen LogP contribution in [0.15, 0.2) is 30.3 Å². The maximum absolute atomic E-state index is 13.4. The third-order valence-corrected chi connectivity index (χ3v) is 2.58. The van der Waals surface area contributed by atoms with Crippen LogP contribution in [0.5, 0.6) is 0 Å². The Bertz CT molecular complexity index is 483. The zero-order chi connectivity index (χ0) is 11.7. The van der Waals surface area contributed by atoms with E-state index in [4.69, 9.17) is 5.73 Å². The van der Waals surface area contributed by atoms with Crippen molar-refractivity contribution >= 4 is 5.82 Å². The summed E-state index contributed by atoms with van der Waals surface area (Å²) in [7, 11) is 1.76. The molecule has 1 heterocycles. The Hall–Kier alpha value is -1.84. The summed E-state index contributed by atoms with van der Waals surface area (Å²) in [5, 5.41) is 4.25. The normalized spacial score (nSPS) is 12.7. The number of halogens is 1. The van der Waals surface area contributed by atoms with E-state index in [9.17, 15) is 4.39 Å². The van der Waals surface area contributed by atoms with Crippen LogP contribution in [-0.4, -0.2) is 9.78 Å². The Balaban J connectivity index is 2.55. The topological polar surface area (TPSA) is 43.8 Å². The second kappa shape index (κ2) is 3.96. The predicted octanol–water partition coefficient (Wildman–Crippen LogP) is 2.70. The summed E-state index contributed by atoms with van der Waals surface area (Å²) in [4.78, 5) is 0. The van der Waals surface area contributed by atoms with E-state index in [1.54, 1.807) is 23.9 Å². The maximum atomic E-state index is 13.4. The number of anilines is 1. The van der Waals surface area contributed by atoms with E-state index in [0.29, 0.717) is 17.1 Å². The van der Waals surface area contributed by atoms with E-state index in [1.807, 2.05) is 18.2 Å². The number of hydrogen-bond donors (Lipinski definition) is 1. The quantitative estimate of drug-likeness (QED) is 0.843. The minimum Gasteiger partial charge on any atom is -0.384 e. The summed E-state index contributed by atoms with van der Waals surface area (Å²) in [5.41, 5.74) is 7.85. The lowest BCUT2D eigenvalue weighted by molar-refractivity contribution is 0.375. The largest absolute Gasteiger partial charge is 0.384 e. The Morgan fingerprint density at radius 3 is 2.62 bits per heavy atom. The first-order chi connectivity index (χ1) is 7.59. The molecule has 0 saturated heterocycles. The van der Waals surface area contributed by atoms with Gasteiger partial charge in [0.15, 0.2) is 0 Å². The van der Waals surface area contributed by atoms with E-state index >= 15 is 0 Å². The third-order valence-electron chi connectivity index (χ3n) is 2.58. The van der Waals surface area contributed by atoms with Crippen LogP contribution >= 0.6 is 0 Å². The average molecular weight is 219 g/mol. The fourth-order valence-electron chi connectivity index (χ4n) is 1.69. The van der Waals surface area contributed by atoms with Gasteiger partial charge in [0.2, 0.25) is 0 Å². The summed E-state index contributed by atoms with van der Waals surface area (Å²) in [6, 6.07) is 9.06. The number of nitrogens with zero attached hydrogens (tertiary/aromatic N) is 2. The molecule has 0 radical (unpaired) electrons. The maximum Gasteiger partial charge on any atom is 0.123 e. The van der Waals surface area contributed by atoms with Crippen molar-refractivity contribution in [3.8, 4) is 11.3 Å². The Morgan fingerprint density at radius 2 is 2.06 bits per heavy atom. The molecule has 0 spiro atoms. The molecule has 0 bridgehead atoms. The van der Waals surface area contributed by atoms with Crippen LogP contribution in [0.4, 0.5) is 10.2 Å². The molecule has 0 saturated carbocycles. The third kappa shape index (κ3) is 1.78. The van der Waals surface area contributed by atoms with Gasteiger partial charge in [-0.25, -0.2) is 4.39 Å². The molecule has 1 aromatic heterocycles. The first-order valence-corrected chi connectivity index (χ1v) is 5.12. The molecule has 16 heavy (non-hydrogen) atoms. The number of aromatic nitrogens is 2. The predicted molar refractivity (Wildman–Crippen MR) is 62.6 cm³/mol. The molecular formula is C12H14FN3. The SMILES string of the molecule is CC(F)c1ccccc1-c1cc(N)n(C)n1. The second-order valence-electron chi connectivity index (χ2n) is 3.78. The number of hydrogen-bond acceptors (Lipinski definition) is 2. The van der Waals surface area contributed by atoms with Crippen molar-refractivity contribution in [1.82, 2.24) is 9.78 Å². The zero-order valence-electron chi connectivity index (χ0n) is 9.31. The molecule has 1 atom stereocenters. The molecule has 0 aliphatic rings. The van der Waals surface area contributed by atoms with Gasteiger partial charge < -0.3 is 5.73 Å². The minimum absolute atomic E-state index is 0.566. The smallest absolute Gasteiger partial charge is 0.123 e. The van der Waals surface area contributed by atoms with Gasteiger partial charge in [0.1, 0.15) is 12.0 Å². The van der Waals surface area contributed by atoms with Crippen molar-refractivity contribution < 1.29 is 4.39 Å². The minimum atomic E-state index is -1.01. The lowest BCUT2D eigenvalue weighted by Crippen LogP contribution is -1.97. The molecule has 2 N–H and O–H groups in total. The summed E-state index contributed by atoms with van der Waals surface area (Å²) in [6.07, 6.45) is -1.01. The van der Waals surface area contributed by atoms with Crippen LogP contribution in [0.1, 0.15) is 18.7 Å². The van der Waals surface area contributed by atoms with E-state index in [-0.39, 0.29) is 0 Å². The molecule has 4 heteroatoms. The number of aryl methyl sites for hydroxylation is 1. The molecule has 1 unspecified atom stereocenters. The number of rotatable bonds is 2. The Labute approximate surface area is 93.7 Å². The van der Waals surface area contributed by atoms with Gasteiger partial charge in [-0.1, -0.05) is 24.3 Å². The van der Waals surface area contributed by atoms with Crippen molar-refractivity contribution in [2.75, 3.05) is 5.73 Å². The monoisotopic (exact) mass is 219 g/mol. The van der Waals surface area contributed by atoms with Crippen molar-refractivity contribution in [3.05, 3.63) is 35.9 Å². The molecule has 0 fully saturated rings. The van der Waals surface area contributed by atoms with Crippen molar-refractivity contribution in [1.29, 1.82) is 0 Å². The van der Waals surface area contributed by atoms with Crippen molar-refractivity contribution in [2.24, 2.45) is 7.05 Å². The molecule has 1 aromatic carbocycles. The number of benzene rings is 1. The molecule has 0 amide bonds. The highest BCUT2D eigenvalue weighted by molar-refractivity contribution is 5.66. The first kappa shape index (κ1) is 10.7. The molecule has 0 aliphatic carbocycles. The summed E-state index contributed by atoms with van der Waals surface area (Å²) in [5.74, 6) is 0.566. The van der Waals surface area contributed by atoms with Gasteiger partial charge in [-0.2, -0.15) is 5.10 Å². The van der Waals surface area contributed by atoms with Crippen LogP contribution in [0.3, 0.4) is 0 Å². The first-order valence-electron chi connectivity index (χ1n) is 5.12. The van der Waals surface area contributed by atoms with Gasteiger partial charge in [0, 0.05) is 18.7 Å². The fraction of sp³-hybridized carbons (Fsp3) is 0.250. The van der Waals surface area contributed by atoms with Crippen LogP contribution < -0.4 is 5.73 Å². The summed E-state index contributed by atoms with van der Waals surface area (Å²) < 4.78 is 15.0. The lowest BCUT2D eigenvalue weighted by Gasteiger charge is -2.07. The van der Waals surface area contributed by atoms with Gasteiger partial charge in [-0.3, -0.25) is 4.68 Å². The number of nitrogen functional groups attached to an aromatic ring is 1. The van der Waals surface area contributed by atoms with Crippen molar-refractivity contribution in [3.63, 3.8) is 0 Å². The molecule has 0 aliphatic heterocycles. The molecular weight excluding hydrogens is 205 g/mol. The van der Waals surface area contributed by atoms with Gasteiger partial charge in [-0.15, -0.1) is 0 Å². The molecule has 3 nitrogen and oxygen atoms in total. The Kier molecular flexibility index (Phi) is 2.64. The highest BCUT2D eigenvalue weighted by Gasteiger charge is 2.13. The van der Waals surface area contributed by atoms with Gasteiger partial charge in [0.25, 0.3) is 0 Å². The fourth-order valence-corrected chi connectivity index (χ4v) is 1.69. The van der Waals surface area contributed by atoms with E-state index in [2.05, 4.69) is 5.10 Å². The molecule has 84 valence electrons.